The van der Waals surface area contributed by atoms with Crippen molar-refractivity contribution in [3.8, 4) is 0 Å². The van der Waals surface area contributed by atoms with E-state index in [1.165, 1.54) is 31.3 Å². The highest BCUT2D eigenvalue weighted by molar-refractivity contribution is 7.94. The van der Waals surface area contributed by atoms with Crippen LogP contribution in [0.3, 0.4) is 0 Å². The lowest BCUT2D eigenvalue weighted by atomic mass is 10.2. The van der Waals surface area contributed by atoms with E-state index in [0.717, 1.165) is 4.31 Å². The average Bonchev–Trinajstić information content (AvgIpc) is 2.60. The van der Waals surface area contributed by atoms with Crippen LogP contribution < -0.4 is 9.03 Å². The van der Waals surface area contributed by atoms with Crippen LogP contribution in [0.5, 0.6) is 0 Å². The van der Waals surface area contributed by atoms with E-state index in [1.807, 2.05) is 13.8 Å². The van der Waals surface area contributed by atoms with Crippen LogP contribution in [-0.2, 0) is 20.0 Å². The molecule has 0 amide bonds. The van der Waals surface area contributed by atoms with Crippen molar-refractivity contribution in [1.29, 1.82) is 0 Å². The standard InChI is InChI=1S/C17H22N2O4S2/c1-14(2)13-18-24(20,21)16-11-7-8-12-17(16)25(22,23)19(3)15-9-5-4-6-10-15/h4-12,14,18H,13H2,1-3H3. The molecule has 136 valence electrons. The second kappa shape index (κ2) is 7.55. The maximum absolute atomic E-state index is 13.0. The Bertz CT molecular complexity index is 924. The molecule has 0 radical (unpaired) electrons. The third-order valence-corrected chi connectivity index (χ3v) is 7.03. The Morgan fingerprint density at radius 1 is 0.880 bits per heavy atom. The first-order valence-corrected chi connectivity index (χ1v) is 10.7. The molecule has 0 unspecified atom stereocenters. The van der Waals surface area contributed by atoms with Crippen molar-refractivity contribution >= 4 is 25.7 Å². The normalized spacial score (nSPS) is 12.3. The third-order valence-electron chi connectivity index (χ3n) is 3.58. The largest absolute Gasteiger partial charge is 0.269 e. The van der Waals surface area contributed by atoms with Crippen molar-refractivity contribution < 1.29 is 16.8 Å². The van der Waals surface area contributed by atoms with Crippen LogP contribution in [0, 0.1) is 5.92 Å². The van der Waals surface area contributed by atoms with Gasteiger partial charge in [0.05, 0.1) is 5.69 Å². The summed E-state index contributed by atoms with van der Waals surface area (Å²) in [6, 6.07) is 14.1. The summed E-state index contributed by atoms with van der Waals surface area (Å²) in [5.41, 5.74) is 0.449. The maximum Gasteiger partial charge on any atom is 0.265 e. The van der Waals surface area contributed by atoms with Crippen LogP contribution in [-0.4, -0.2) is 30.4 Å². The Kier molecular flexibility index (Phi) is 5.87. The highest BCUT2D eigenvalue weighted by Crippen LogP contribution is 2.26. The van der Waals surface area contributed by atoms with Crippen molar-refractivity contribution in [1.82, 2.24) is 4.72 Å². The van der Waals surface area contributed by atoms with Gasteiger partial charge in [0, 0.05) is 13.6 Å². The summed E-state index contributed by atoms with van der Waals surface area (Å²) < 4.78 is 54.6. The van der Waals surface area contributed by atoms with Gasteiger partial charge < -0.3 is 0 Å². The van der Waals surface area contributed by atoms with E-state index in [1.54, 1.807) is 30.3 Å². The van der Waals surface area contributed by atoms with Crippen LogP contribution in [0.1, 0.15) is 13.8 Å². The zero-order valence-corrected chi connectivity index (χ0v) is 16.0. The van der Waals surface area contributed by atoms with Crippen molar-refractivity contribution in [2.24, 2.45) is 5.92 Å². The zero-order chi connectivity index (χ0) is 18.7. The van der Waals surface area contributed by atoms with E-state index < -0.39 is 20.0 Å². The minimum absolute atomic E-state index is 0.102. The minimum atomic E-state index is -4.03. The highest BCUT2D eigenvalue weighted by atomic mass is 32.2. The zero-order valence-electron chi connectivity index (χ0n) is 14.4. The molecular formula is C17H22N2O4S2. The molecule has 0 atom stereocenters. The number of anilines is 1. The molecule has 2 aromatic carbocycles. The van der Waals surface area contributed by atoms with Crippen LogP contribution in [0.4, 0.5) is 5.69 Å². The first-order chi connectivity index (χ1) is 11.7. The predicted molar refractivity (Wildman–Crippen MR) is 98.5 cm³/mol. The number of sulfonamides is 2. The van der Waals surface area contributed by atoms with Gasteiger partial charge in [-0.1, -0.05) is 44.2 Å². The van der Waals surface area contributed by atoms with Crippen molar-refractivity contribution in [2.75, 3.05) is 17.9 Å². The second-order valence-electron chi connectivity index (χ2n) is 6.00. The first-order valence-electron chi connectivity index (χ1n) is 7.79. The Labute approximate surface area is 149 Å². The average molecular weight is 383 g/mol. The molecule has 2 aromatic rings. The fourth-order valence-electron chi connectivity index (χ4n) is 2.16. The Hall–Kier alpha value is -1.90. The number of nitrogens with one attached hydrogen (secondary N) is 1. The number of hydrogen-bond donors (Lipinski definition) is 1. The van der Waals surface area contributed by atoms with E-state index >= 15 is 0 Å². The van der Waals surface area contributed by atoms with Crippen LogP contribution >= 0.6 is 0 Å². The molecule has 0 aromatic heterocycles. The monoisotopic (exact) mass is 382 g/mol. The molecule has 0 aliphatic carbocycles. The summed E-state index contributed by atoms with van der Waals surface area (Å²) in [6.45, 7) is 3.97. The van der Waals surface area contributed by atoms with E-state index in [9.17, 15) is 16.8 Å². The second-order valence-corrected chi connectivity index (χ2v) is 9.67. The Balaban J connectivity index is 2.50. The summed E-state index contributed by atoms with van der Waals surface area (Å²) >= 11 is 0. The predicted octanol–water partition coefficient (Wildman–Crippen LogP) is 2.45. The maximum atomic E-state index is 13.0. The number of para-hydroxylation sites is 1. The number of benzene rings is 2. The van der Waals surface area contributed by atoms with Crippen molar-refractivity contribution in [3.05, 3.63) is 54.6 Å². The van der Waals surface area contributed by atoms with Gasteiger partial charge >= 0.3 is 0 Å². The lowest BCUT2D eigenvalue weighted by Crippen LogP contribution is -2.32. The van der Waals surface area contributed by atoms with Gasteiger partial charge in [-0.25, -0.2) is 21.6 Å². The van der Waals surface area contributed by atoms with Gasteiger partial charge in [-0.15, -0.1) is 0 Å². The molecule has 0 fully saturated rings. The first kappa shape index (κ1) is 19.4. The molecule has 6 nitrogen and oxygen atoms in total. The summed E-state index contributed by atoms with van der Waals surface area (Å²) in [5, 5.41) is 0. The minimum Gasteiger partial charge on any atom is -0.269 e. The van der Waals surface area contributed by atoms with Gasteiger partial charge in [0.15, 0.2) is 0 Å². The van der Waals surface area contributed by atoms with Gasteiger partial charge in [-0.3, -0.25) is 4.31 Å². The molecule has 0 saturated heterocycles. The number of nitrogens with zero attached hydrogens (tertiary/aromatic N) is 1. The van der Waals surface area contributed by atoms with E-state index in [2.05, 4.69) is 4.72 Å². The van der Waals surface area contributed by atoms with Gasteiger partial charge in [0.25, 0.3) is 10.0 Å². The van der Waals surface area contributed by atoms with Crippen LogP contribution in [0.2, 0.25) is 0 Å². The molecule has 1 N–H and O–H groups in total. The molecule has 0 heterocycles. The smallest absolute Gasteiger partial charge is 0.265 e. The van der Waals surface area contributed by atoms with E-state index in [0.29, 0.717) is 5.69 Å². The fraction of sp³-hybridized carbons (Fsp3) is 0.294. The van der Waals surface area contributed by atoms with E-state index in [-0.39, 0.29) is 22.3 Å². The summed E-state index contributed by atoms with van der Waals surface area (Å²) in [5.74, 6) is 0.102. The molecule has 0 spiro atoms. The van der Waals surface area contributed by atoms with Gasteiger partial charge in [-0.05, 0) is 30.2 Å². The van der Waals surface area contributed by atoms with E-state index in [4.69, 9.17) is 0 Å². The molecule has 0 bridgehead atoms. The molecule has 2 rings (SSSR count). The lowest BCUT2D eigenvalue weighted by molar-refractivity contribution is 0.555. The Morgan fingerprint density at radius 3 is 1.96 bits per heavy atom. The lowest BCUT2D eigenvalue weighted by Gasteiger charge is -2.21. The molecule has 0 aliphatic rings. The van der Waals surface area contributed by atoms with Gasteiger partial charge in [0.2, 0.25) is 10.0 Å². The van der Waals surface area contributed by atoms with Crippen LogP contribution in [0.25, 0.3) is 0 Å². The molecule has 8 heteroatoms. The van der Waals surface area contributed by atoms with Gasteiger partial charge in [-0.2, -0.15) is 0 Å². The third kappa shape index (κ3) is 4.39. The molecule has 0 saturated carbocycles. The highest BCUT2D eigenvalue weighted by Gasteiger charge is 2.29. The quantitative estimate of drug-likeness (QED) is 0.797. The van der Waals surface area contributed by atoms with Gasteiger partial charge in [0.1, 0.15) is 9.79 Å². The summed E-state index contributed by atoms with van der Waals surface area (Å²) in [7, 11) is -6.57. The number of rotatable bonds is 7. The topological polar surface area (TPSA) is 83.5 Å². The number of hydrogen-bond acceptors (Lipinski definition) is 4. The molecule has 0 aliphatic heterocycles. The van der Waals surface area contributed by atoms with Crippen molar-refractivity contribution in [2.45, 2.75) is 23.6 Å². The summed E-state index contributed by atoms with van der Waals surface area (Å²) in [4.78, 5) is -0.504. The molecular weight excluding hydrogens is 360 g/mol. The fourth-order valence-corrected chi connectivity index (χ4v) is 5.37. The molecule has 25 heavy (non-hydrogen) atoms. The SMILES string of the molecule is CC(C)CNS(=O)(=O)c1ccccc1S(=O)(=O)N(C)c1ccccc1. The van der Waals surface area contributed by atoms with Crippen LogP contribution in [0.15, 0.2) is 64.4 Å². The van der Waals surface area contributed by atoms with Crippen molar-refractivity contribution in [3.63, 3.8) is 0 Å². The summed E-state index contributed by atoms with van der Waals surface area (Å²) in [6.07, 6.45) is 0. The Morgan fingerprint density at radius 2 is 1.40 bits per heavy atom.